The molecule has 2 aromatic carbocycles. The molecular weight excluding hydrogens is 370 g/mol. The lowest BCUT2D eigenvalue weighted by atomic mass is 10.1. The maximum atomic E-state index is 13.0. The van der Waals surface area contributed by atoms with Crippen LogP contribution in [0.4, 0.5) is 5.69 Å². The van der Waals surface area contributed by atoms with Gasteiger partial charge in [0, 0.05) is 30.7 Å². The predicted molar refractivity (Wildman–Crippen MR) is 104 cm³/mol. The van der Waals surface area contributed by atoms with Crippen molar-refractivity contribution in [3.05, 3.63) is 90.3 Å². The van der Waals surface area contributed by atoms with Crippen molar-refractivity contribution in [1.82, 2.24) is 29.8 Å². The number of carbonyl (C=O) groups excluding carboxylic acids is 2. The van der Waals surface area contributed by atoms with Crippen molar-refractivity contribution in [3.8, 4) is 0 Å². The van der Waals surface area contributed by atoms with Crippen LogP contribution in [0.3, 0.4) is 0 Å². The van der Waals surface area contributed by atoms with E-state index in [1.165, 1.54) is 11.0 Å². The van der Waals surface area contributed by atoms with Crippen LogP contribution in [0.1, 0.15) is 27.8 Å². The van der Waals surface area contributed by atoms with Crippen LogP contribution in [0.2, 0.25) is 0 Å². The number of benzene rings is 2. The Kier molecular flexibility index (Phi) is 4.93. The van der Waals surface area contributed by atoms with Gasteiger partial charge in [-0.15, -0.1) is 5.10 Å². The van der Waals surface area contributed by atoms with Crippen molar-refractivity contribution in [2.75, 3.05) is 5.32 Å². The van der Waals surface area contributed by atoms with Crippen LogP contribution in [0.15, 0.2) is 73.3 Å². The van der Waals surface area contributed by atoms with Gasteiger partial charge in [-0.1, -0.05) is 42.5 Å². The van der Waals surface area contributed by atoms with Gasteiger partial charge < -0.3 is 9.88 Å². The average molecular weight is 387 g/mol. The molecule has 0 unspecified atom stereocenters. The van der Waals surface area contributed by atoms with Crippen LogP contribution in [-0.2, 0) is 11.8 Å². The molecule has 1 atom stereocenters. The fraction of sp³-hybridized carbons (Fsp3) is 0.100. The second kappa shape index (κ2) is 7.85. The fourth-order valence-electron chi connectivity index (χ4n) is 3.01. The van der Waals surface area contributed by atoms with E-state index in [0.717, 1.165) is 5.56 Å². The van der Waals surface area contributed by atoms with Crippen LogP contribution in [0, 0.1) is 0 Å². The standard InChI is InChI=1S/C20H17N7O2/c1-26-11-10-21-19(26)18(28)15-8-5-9-16(12-15)23-20(29)17(27-13-22-24-25-27)14-6-3-2-4-7-14/h2-13,17H,1H3,(H,23,29)/t17-/m1/s1. The molecule has 9 nitrogen and oxygen atoms in total. The number of ketones is 1. The number of aromatic nitrogens is 6. The van der Waals surface area contributed by atoms with E-state index < -0.39 is 6.04 Å². The van der Waals surface area contributed by atoms with E-state index in [1.807, 2.05) is 30.3 Å². The summed E-state index contributed by atoms with van der Waals surface area (Å²) < 4.78 is 3.03. The van der Waals surface area contributed by atoms with Gasteiger partial charge in [0.2, 0.25) is 5.78 Å². The van der Waals surface area contributed by atoms with E-state index in [1.54, 1.807) is 48.3 Å². The Morgan fingerprint density at radius 3 is 2.59 bits per heavy atom. The summed E-state index contributed by atoms with van der Waals surface area (Å²) in [5, 5.41) is 14.0. The van der Waals surface area contributed by atoms with E-state index in [2.05, 4.69) is 25.8 Å². The molecular formula is C20H17N7O2. The number of hydrogen-bond donors (Lipinski definition) is 1. The number of imidazole rings is 1. The number of amides is 1. The number of tetrazole rings is 1. The number of hydrogen-bond acceptors (Lipinski definition) is 6. The number of aryl methyl sites for hydroxylation is 1. The number of nitrogens with zero attached hydrogens (tertiary/aromatic N) is 6. The number of carbonyl (C=O) groups is 2. The summed E-state index contributed by atoms with van der Waals surface area (Å²) in [6.07, 6.45) is 4.66. The van der Waals surface area contributed by atoms with Crippen molar-refractivity contribution in [3.63, 3.8) is 0 Å². The van der Waals surface area contributed by atoms with Gasteiger partial charge in [-0.2, -0.15) is 0 Å². The van der Waals surface area contributed by atoms with Crippen molar-refractivity contribution in [2.24, 2.45) is 7.05 Å². The summed E-state index contributed by atoms with van der Waals surface area (Å²) in [4.78, 5) is 29.8. The quantitative estimate of drug-likeness (QED) is 0.506. The molecule has 0 saturated heterocycles. The van der Waals surface area contributed by atoms with Gasteiger partial charge in [0.1, 0.15) is 6.33 Å². The third-order valence-electron chi connectivity index (χ3n) is 4.41. The summed E-state index contributed by atoms with van der Waals surface area (Å²) in [6, 6.07) is 15.2. The Balaban J connectivity index is 1.60. The Hall–Kier alpha value is -4.14. The average Bonchev–Trinajstić information content (AvgIpc) is 3.41. The Bertz CT molecular complexity index is 1140. The molecule has 4 rings (SSSR count). The minimum atomic E-state index is -0.750. The first-order chi connectivity index (χ1) is 14.1. The van der Waals surface area contributed by atoms with Crippen LogP contribution in [0.25, 0.3) is 0 Å². The first-order valence-electron chi connectivity index (χ1n) is 8.84. The van der Waals surface area contributed by atoms with Crippen molar-refractivity contribution in [1.29, 1.82) is 0 Å². The van der Waals surface area contributed by atoms with E-state index in [0.29, 0.717) is 17.1 Å². The van der Waals surface area contributed by atoms with Gasteiger partial charge in [-0.05, 0) is 28.1 Å². The molecule has 0 aliphatic rings. The van der Waals surface area contributed by atoms with Crippen LogP contribution < -0.4 is 5.32 Å². The van der Waals surface area contributed by atoms with Gasteiger partial charge in [0.05, 0.1) is 0 Å². The Labute approximate surface area is 166 Å². The second-order valence-electron chi connectivity index (χ2n) is 6.36. The molecule has 0 bridgehead atoms. The first-order valence-corrected chi connectivity index (χ1v) is 8.84. The summed E-state index contributed by atoms with van der Waals surface area (Å²) in [5.74, 6) is -0.233. The molecule has 144 valence electrons. The molecule has 0 radical (unpaired) electrons. The van der Waals surface area contributed by atoms with Crippen LogP contribution in [-0.4, -0.2) is 41.4 Å². The summed E-state index contributed by atoms with van der Waals surface area (Å²) >= 11 is 0. The van der Waals surface area contributed by atoms with E-state index >= 15 is 0 Å². The molecule has 1 amide bonds. The third kappa shape index (κ3) is 3.79. The third-order valence-corrected chi connectivity index (χ3v) is 4.41. The Morgan fingerprint density at radius 2 is 1.90 bits per heavy atom. The van der Waals surface area contributed by atoms with Gasteiger partial charge in [-0.25, -0.2) is 9.67 Å². The van der Waals surface area contributed by atoms with Crippen molar-refractivity contribution >= 4 is 17.4 Å². The predicted octanol–water partition coefficient (Wildman–Crippen LogP) is 1.87. The first kappa shape index (κ1) is 18.2. The lowest BCUT2D eigenvalue weighted by molar-refractivity contribution is -0.118. The highest BCUT2D eigenvalue weighted by Gasteiger charge is 2.24. The van der Waals surface area contributed by atoms with Crippen LogP contribution >= 0.6 is 0 Å². The number of nitrogens with one attached hydrogen (secondary N) is 1. The van der Waals surface area contributed by atoms with Crippen molar-refractivity contribution < 1.29 is 9.59 Å². The molecule has 4 aromatic rings. The zero-order valence-corrected chi connectivity index (χ0v) is 15.5. The summed E-state index contributed by atoms with van der Waals surface area (Å²) in [6.45, 7) is 0. The summed E-state index contributed by atoms with van der Waals surface area (Å²) in [5.41, 5.74) is 1.65. The van der Waals surface area contributed by atoms with Gasteiger partial charge in [0.15, 0.2) is 11.9 Å². The molecule has 0 fully saturated rings. The minimum Gasteiger partial charge on any atom is -0.331 e. The van der Waals surface area contributed by atoms with E-state index in [4.69, 9.17) is 0 Å². The molecule has 2 heterocycles. The van der Waals surface area contributed by atoms with Crippen molar-refractivity contribution in [2.45, 2.75) is 6.04 Å². The maximum Gasteiger partial charge on any atom is 0.253 e. The van der Waals surface area contributed by atoms with E-state index in [9.17, 15) is 9.59 Å². The minimum absolute atomic E-state index is 0.228. The highest BCUT2D eigenvalue weighted by molar-refractivity contribution is 6.07. The molecule has 0 saturated carbocycles. The number of anilines is 1. The van der Waals surface area contributed by atoms with Gasteiger partial charge in [-0.3, -0.25) is 9.59 Å². The lowest BCUT2D eigenvalue weighted by Crippen LogP contribution is -2.27. The van der Waals surface area contributed by atoms with Gasteiger partial charge in [0.25, 0.3) is 5.91 Å². The topological polar surface area (TPSA) is 108 Å². The molecule has 0 aliphatic carbocycles. The highest BCUT2D eigenvalue weighted by Crippen LogP contribution is 2.20. The SMILES string of the molecule is Cn1ccnc1C(=O)c1cccc(NC(=O)[C@@H](c2ccccc2)n2cnnn2)c1. The van der Waals surface area contributed by atoms with E-state index in [-0.39, 0.29) is 11.7 Å². The number of rotatable bonds is 6. The monoisotopic (exact) mass is 387 g/mol. The molecule has 1 N–H and O–H groups in total. The normalized spacial score (nSPS) is 11.8. The lowest BCUT2D eigenvalue weighted by Gasteiger charge is -2.17. The Morgan fingerprint density at radius 1 is 1.07 bits per heavy atom. The molecule has 0 aliphatic heterocycles. The zero-order chi connectivity index (χ0) is 20.2. The zero-order valence-electron chi connectivity index (χ0n) is 15.5. The second-order valence-corrected chi connectivity index (χ2v) is 6.36. The largest absolute Gasteiger partial charge is 0.331 e. The molecule has 2 aromatic heterocycles. The smallest absolute Gasteiger partial charge is 0.253 e. The summed E-state index contributed by atoms with van der Waals surface area (Å²) in [7, 11) is 1.75. The molecule has 0 spiro atoms. The molecule has 29 heavy (non-hydrogen) atoms. The maximum absolute atomic E-state index is 13.0. The highest BCUT2D eigenvalue weighted by atomic mass is 16.2. The molecule has 9 heteroatoms. The fourth-order valence-corrected chi connectivity index (χ4v) is 3.01. The van der Waals surface area contributed by atoms with Crippen LogP contribution in [0.5, 0.6) is 0 Å². The van der Waals surface area contributed by atoms with Gasteiger partial charge >= 0.3 is 0 Å².